The molecule has 0 fully saturated rings. The fraction of sp³-hybridized carbons (Fsp3) is 0.0800. The first kappa shape index (κ1) is 21.5. The summed E-state index contributed by atoms with van der Waals surface area (Å²) in [6.45, 7) is 1.99. The number of hydrogen-bond acceptors (Lipinski definition) is 6. The highest BCUT2D eigenvalue weighted by Gasteiger charge is 2.23. The highest BCUT2D eigenvalue weighted by molar-refractivity contribution is 7.14. The molecule has 4 heterocycles. The zero-order valence-electron chi connectivity index (χ0n) is 18.4. The van der Waals surface area contributed by atoms with Crippen molar-refractivity contribution in [1.82, 2.24) is 29.1 Å². The molecular weight excluding hydrogens is 484 g/mol. The molecule has 0 aliphatic rings. The lowest BCUT2D eigenvalue weighted by molar-refractivity contribution is 0.642. The maximum absolute atomic E-state index is 14.0. The van der Waals surface area contributed by atoms with Crippen molar-refractivity contribution in [2.45, 2.75) is 13.5 Å². The van der Waals surface area contributed by atoms with Crippen molar-refractivity contribution in [3.8, 4) is 11.4 Å². The summed E-state index contributed by atoms with van der Waals surface area (Å²) in [5, 5.41) is 11.9. The van der Waals surface area contributed by atoms with Crippen LogP contribution in [0.5, 0.6) is 0 Å². The van der Waals surface area contributed by atoms with Gasteiger partial charge in [-0.15, -0.1) is 16.4 Å². The van der Waals surface area contributed by atoms with Crippen LogP contribution in [0, 0.1) is 6.92 Å². The summed E-state index contributed by atoms with van der Waals surface area (Å²) in [6, 6.07) is 16.7. The van der Waals surface area contributed by atoms with E-state index in [1.165, 1.54) is 26.8 Å². The summed E-state index contributed by atoms with van der Waals surface area (Å²) < 4.78 is 4.85. The first-order valence-corrected chi connectivity index (χ1v) is 12.0. The number of thiophene rings is 1. The van der Waals surface area contributed by atoms with Gasteiger partial charge in [0.05, 0.1) is 34.0 Å². The van der Waals surface area contributed by atoms with Crippen LogP contribution in [0.4, 0.5) is 0 Å². The number of aromatic nitrogens is 6. The molecule has 0 unspecified atom stereocenters. The lowest BCUT2D eigenvalue weighted by Gasteiger charge is -2.18. The Morgan fingerprint density at radius 3 is 2.66 bits per heavy atom. The lowest BCUT2D eigenvalue weighted by atomic mass is 10.1. The number of fused-ring (bicyclic) bond motifs is 2. The molecular formula is C25H17ClN6O2S. The molecule has 0 amide bonds. The van der Waals surface area contributed by atoms with E-state index in [9.17, 15) is 9.59 Å². The summed E-state index contributed by atoms with van der Waals surface area (Å²) in [6.07, 6.45) is 3.24. The van der Waals surface area contributed by atoms with Gasteiger partial charge >= 0.3 is 5.69 Å². The minimum Gasteiger partial charge on any atom is -0.291 e. The Morgan fingerprint density at radius 1 is 1.03 bits per heavy atom. The third-order valence-electron chi connectivity index (χ3n) is 5.99. The van der Waals surface area contributed by atoms with Gasteiger partial charge in [-0.3, -0.25) is 14.3 Å². The van der Waals surface area contributed by atoms with Crippen LogP contribution >= 0.6 is 22.9 Å². The Hall–Kier alpha value is -4.08. The van der Waals surface area contributed by atoms with Crippen LogP contribution in [-0.4, -0.2) is 29.1 Å². The van der Waals surface area contributed by atoms with Crippen LogP contribution < -0.4 is 11.2 Å². The van der Waals surface area contributed by atoms with Crippen molar-refractivity contribution in [3.05, 3.63) is 109 Å². The Balaban J connectivity index is 1.72. The summed E-state index contributed by atoms with van der Waals surface area (Å²) in [5.41, 5.74) is 2.32. The SMILES string of the molecule is Cc1c(-n2nnc3ccccc32)c(=O)n(-c2cncc3ccccc23)c(=O)n1Cc1csc(Cl)c1. The minimum absolute atomic E-state index is 0.242. The number of para-hydroxylation sites is 1. The first-order chi connectivity index (χ1) is 17.0. The molecule has 10 heteroatoms. The highest BCUT2D eigenvalue weighted by atomic mass is 35.5. The predicted octanol–water partition coefficient (Wildman–Crippen LogP) is 4.35. The fourth-order valence-electron chi connectivity index (χ4n) is 4.31. The van der Waals surface area contributed by atoms with Gasteiger partial charge in [-0.1, -0.05) is 53.2 Å². The number of pyridine rings is 1. The number of halogens is 1. The van der Waals surface area contributed by atoms with E-state index >= 15 is 0 Å². The number of hydrogen-bond donors (Lipinski definition) is 0. The van der Waals surface area contributed by atoms with Crippen LogP contribution in [0.3, 0.4) is 0 Å². The van der Waals surface area contributed by atoms with Gasteiger partial charge in [0.25, 0.3) is 5.56 Å². The van der Waals surface area contributed by atoms with Crippen LogP contribution in [0.2, 0.25) is 4.34 Å². The van der Waals surface area contributed by atoms with Gasteiger partial charge in [0.1, 0.15) is 5.52 Å². The largest absolute Gasteiger partial charge is 0.336 e. The van der Waals surface area contributed by atoms with Gasteiger partial charge in [0.2, 0.25) is 0 Å². The average Bonchev–Trinajstić information content (AvgIpc) is 3.48. The molecule has 35 heavy (non-hydrogen) atoms. The Labute approximate surface area is 207 Å². The molecule has 4 aromatic heterocycles. The summed E-state index contributed by atoms with van der Waals surface area (Å²) in [4.78, 5) is 32.2. The molecule has 8 nitrogen and oxygen atoms in total. The monoisotopic (exact) mass is 500 g/mol. The standard InChI is InChI=1S/C25H17ClN6O2S/c1-15-23(32-20-9-5-4-8-19(20)28-29-32)24(33)31(21-12-27-11-17-6-2-3-7-18(17)21)25(34)30(15)13-16-10-22(26)35-14-16/h2-12,14H,13H2,1H3. The van der Waals surface area contributed by atoms with Crippen LogP contribution in [0.1, 0.15) is 11.3 Å². The molecule has 2 aromatic carbocycles. The Kier molecular flexibility index (Phi) is 5.09. The molecule has 0 radical (unpaired) electrons. The second kappa shape index (κ2) is 8.30. The van der Waals surface area contributed by atoms with Gasteiger partial charge in [-0.05, 0) is 36.1 Å². The molecule has 0 bridgehead atoms. The topological polar surface area (TPSA) is 87.6 Å². The molecule has 0 aliphatic heterocycles. The van der Waals surface area contributed by atoms with E-state index in [0.717, 1.165) is 16.3 Å². The third kappa shape index (κ3) is 3.48. The number of rotatable bonds is 4. The molecule has 0 atom stereocenters. The highest BCUT2D eigenvalue weighted by Crippen LogP contribution is 2.23. The average molecular weight is 501 g/mol. The third-order valence-corrected chi connectivity index (χ3v) is 7.13. The minimum atomic E-state index is -0.499. The summed E-state index contributed by atoms with van der Waals surface area (Å²) in [7, 11) is 0. The molecule has 0 N–H and O–H groups in total. The van der Waals surface area contributed by atoms with E-state index in [2.05, 4.69) is 15.3 Å². The number of nitrogens with zero attached hydrogens (tertiary/aromatic N) is 6. The van der Waals surface area contributed by atoms with Gasteiger partial charge in [0, 0.05) is 17.0 Å². The van der Waals surface area contributed by atoms with Crippen LogP contribution in [0.15, 0.2) is 82.0 Å². The number of benzene rings is 2. The Bertz CT molecular complexity index is 1860. The van der Waals surface area contributed by atoms with Crippen molar-refractivity contribution in [1.29, 1.82) is 0 Å². The van der Waals surface area contributed by atoms with Crippen LogP contribution in [0.25, 0.3) is 33.2 Å². The lowest BCUT2D eigenvalue weighted by Crippen LogP contribution is -2.42. The zero-order chi connectivity index (χ0) is 24.1. The van der Waals surface area contributed by atoms with E-state index in [1.807, 2.05) is 60.0 Å². The molecule has 6 rings (SSSR count). The molecule has 6 aromatic rings. The summed E-state index contributed by atoms with van der Waals surface area (Å²) in [5.74, 6) is 0. The van der Waals surface area contributed by atoms with E-state index in [0.29, 0.717) is 26.8 Å². The fourth-order valence-corrected chi connectivity index (χ4v) is 5.21. The molecule has 172 valence electrons. The maximum Gasteiger partial charge on any atom is 0.336 e. The van der Waals surface area contributed by atoms with E-state index in [-0.39, 0.29) is 12.2 Å². The van der Waals surface area contributed by atoms with Gasteiger partial charge in [0.15, 0.2) is 5.69 Å². The van der Waals surface area contributed by atoms with Crippen molar-refractivity contribution < 1.29 is 0 Å². The van der Waals surface area contributed by atoms with E-state index < -0.39 is 11.2 Å². The van der Waals surface area contributed by atoms with Crippen molar-refractivity contribution in [3.63, 3.8) is 0 Å². The maximum atomic E-state index is 14.0. The van der Waals surface area contributed by atoms with Gasteiger partial charge in [-0.25, -0.2) is 14.0 Å². The van der Waals surface area contributed by atoms with Gasteiger partial charge < -0.3 is 0 Å². The first-order valence-electron chi connectivity index (χ1n) is 10.8. The summed E-state index contributed by atoms with van der Waals surface area (Å²) >= 11 is 7.54. The predicted molar refractivity (Wildman–Crippen MR) is 137 cm³/mol. The van der Waals surface area contributed by atoms with Gasteiger partial charge in [-0.2, -0.15) is 0 Å². The van der Waals surface area contributed by atoms with Crippen molar-refractivity contribution in [2.24, 2.45) is 0 Å². The zero-order valence-corrected chi connectivity index (χ0v) is 20.0. The molecule has 0 saturated carbocycles. The van der Waals surface area contributed by atoms with Crippen molar-refractivity contribution >= 4 is 44.7 Å². The smallest absolute Gasteiger partial charge is 0.291 e. The van der Waals surface area contributed by atoms with E-state index in [4.69, 9.17) is 11.6 Å². The van der Waals surface area contributed by atoms with E-state index in [1.54, 1.807) is 17.7 Å². The molecule has 0 aliphatic carbocycles. The van der Waals surface area contributed by atoms with Crippen molar-refractivity contribution in [2.75, 3.05) is 0 Å². The quantitative estimate of drug-likeness (QED) is 0.359. The molecule has 0 saturated heterocycles. The van der Waals surface area contributed by atoms with Crippen LogP contribution in [-0.2, 0) is 6.54 Å². The second-order valence-corrected chi connectivity index (χ2v) is 9.61. The second-order valence-electron chi connectivity index (χ2n) is 8.07. The normalized spacial score (nSPS) is 11.5. The molecule has 0 spiro atoms. The Morgan fingerprint density at radius 2 is 1.83 bits per heavy atom.